The van der Waals surface area contributed by atoms with Crippen LogP contribution in [-0.4, -0.2) is 28.3 Å². The molecule has 0 spiro atoms. The minimum atomic E-state index is 0.634. The van der Waals surface area contributed by atoms with Gasteiger partial charge in [0.25, 0.3) is 0 Å². The van der Waals surface area contributed by atoms with E-state index in [0.717, 1.165) is 28.7 Å². The van der Waals surface area contributed by atoms with E-state index in [4.69, 9.17) is 0 Å². The van der Waals surface area contributed by atoms with Gasteiger partial charge in [0.05, 0.1) is 24.2 Å². The summed E-state index contributed by atoms with van der Waals surface area (Å²) in [6.45, 7) is 2.71. The largest absolute Gasteiger partial charge is 0.253 e. The molecule has 0 bridgehead atoms. The first-order valence-electron chi connectivity index (χ1n) is 5.60. The molecule has 0 fully saturated rings. The minimum Gasteiger partial charge on any atom is -0.253 e. The zero-order chi connectivity index (χ0) is 11.7. The molecule has 0 aliphatic carbocycles. The highest BCUT2D eigenvalue weighted by Crippen LogP contribution is 2.25. The molecule has 86 valence electrons. The second-order valence-electron chi connectivity index (χ2n) is 3.78. The van der Waals surface area contributed by atoms with Gasteiger partial charge in [-0.05, 0) is 5.56 Å². The van der Waals surface area contributed by atoms with Gasteiger partial charge in [-0.2, -0.15) is 14.5 Å². The molecule has 1 aromatic rings. The molecule has 2 heterocycles. The van der Waals surface area contributed by atoms with E-state index in [1.165, 1.54) is 11.9 Å². The van der Waals surface area contributed by atoms with Crippen molar-refractivity contribution in [3.05, 3.63) is 35.9 Å². The van der Waals surface area contributed by atoms with Gasteiger partial charge in [0.15, 0.2) is 0 Å². The van der Waals surface area contributed by atoms with Crippen LogP contribution in [-0.2, 0) is 0 Å². The van der Waals surface area contributed by atoms with Crippen LogP contribution in [0.1, 0.15) is 18.9 Å². The Kier molecular flexibility index (Phi) is 2.68. The number of hydrazone groups is 1. The molecule has 0 aromatic heterocycles. The molecule has 0 atom stereocenters. The second kappa shape index (κ2) is 4.33. The normalized spacial score (nSPS) is 18.4. The summed E-state index contributed by atoms with van der Waals surface area (Å²) >= 11 is 1.41. The Bertz CT molecular complexity index is 519. The van der Waals surface area contributed by atoms with Crippen LogP contribution in [0.3, 0.4) is 0 Å². The number of hydrogen-bond donors (Lipinski definition) is 0. The smallest absolute Gasteiger partial charge is 0.209 e. The van der Waals surface area contributed by atoms with E-state index >= 15 is 0 Å². The maximum absolute atomic E-state index is 4.63. The van der Waals surface area contributed by atoms with Crippen LogP contribution in [0.15, 0.2) is 44.8 Å². The van der Waals surface area contributed by atoms with Gasteiger partial charge in [0.2, 0.25) is 5.17 Å². The minimum absolute atomic E-state index is 0.634. The van der Waals surface area contributed by atoms with Crippen LogP contribution in [0.25, 0.3) is 0 Å². The van der Waals surface area contributed by atoms with Crippen molar-refractivity contribution in [2.75, 3.05) is 6.54 Å². The fourth-order valence-electron chi connectivity index (χ4n) is 1.77. The third kappa shape index (κ3) is 1.86. The number of hydrogen-bond acceptors (Lipinski definition) is 5. The first-order chi connectivity index (χ1) is 8.38. The lowest BCUT2D eigenvalue weighted by Gasteiger charge is -2.19. The highest BCUT2D eigenvalue weighted by Gasteiger charge is 2.27. The number of amidine groups is 2. The van der Waals surface area contributed by atoms with E-state index in [2.05, 4.69) is 33.5 Å². The first-order valence-corrected chi connectivity index (χ1v) is 6.37. The van der Waals surface area contributed by atoms with Crippen molar-refractivity contribution < 1.29 is 0 Å². The van der Waals surface area contributed by atoms with Gasteiger partial charge in [-0.3, -0.25) is 4.99 Å². The molecule has 4 nitrogen and oxygen atoms in total. The molecule has 0 unspecified atom stereocenters. The van der Waals surface area contributed by atoms with Crippen molar-refractivity contribution in [3.63, 3.8) is 0 Å². The van der Waals surface area contributed by atoms with Gasteiger partial charge in [0, 0.05) is 6.42 Å². The monoisotopic (exact) mass is 244 g/mol. The average molecular weight is 244 g/mol. The summed E-state index contributed by atoms with van der Waals surface area (Å²) in [6, 6.07) is 10.2. The molecular weight excluding hydrogens is 232 g/mol. The third-order valence-corrected chi connectivity index (χ3v) is 3.43. The van der Waals surface area contributed by atoms with Crippen molar-refractivity contribution in [1.29, 1.82) is 0 Å². The van der Waals surface area contributed by atoms with Crippen molar-refractivity contribution >= 4 is 28.7 Å². The molecule has 0 N–H and O–H groups in total. The Balaban J connectivity index is 1.93. The van der Waals surface area contributed by atoms with E-state index in [1.807, 2.05) is 23.2 Å². The summed E-state index contributed by atoms with van der Waals surface area (Å²) in [5.41, 5.74) is 2.13. The average Bonchev–Trinajstić information content (AvgIpc) is 2.81. The second-order valence-corrected chi connectivity index (χ2v) is 4.51. The quantitative estimate of drug-likeness (QED) is 0.750. The van der Waals surface area contributed by atoms with Gasteiger partial charge in [0.1, 0.15) is 5.84 Å². The zero-order valence-electron chi connectivity index (χ0n) is 9.50. The van der Waals surface area contributed by atoms with Gasteiger partial charge in [-0.25, -0.2) is 0 Å². The van der Waals surface area contributed by atoms with Gasteiger partial charge < -0.3 is 0 Å². The van der Waals surface area contributed by atoms with Crippen LogP contribution in [0.2, 0.25) is 0 Å². The highest BCUT2D eigenvalue weighted by atomic mass is 32.2. The molecular formula is C12H12N4S. The Morgan fingerprint density at radius 1 is 1.29 bits per heavy atom. The Morgan fingerprint density at radius 2 is 2.12 bits per heavy atom. The van der Waals surface area contributed by atoms with Crippen LogP contribution in [0.5, 0.6) is 0 Å². The fourth-order valence-corrected chi connectivity index (χ4v) is 2.51. The maximum atomic E-state index is 4.63. The van der Waals surface area contributed by atoms with E-state index in [1.54, 1.807) is 0 Å². The Labute approximate surface area is 104 Å². The summed E-state index contributed by atoms with van der Waals surface area (Å²) in [7, 11) is 0. The van der Waals surface area contributed by atoms with Crippen LogP contribution in [0, 0.1) is 0 Å². The lowest BCUT2D eigenvalue weighted by molar-refractivity contribution is 0.650. The maximum Gasteiger partial charge on any atom is 0.209 e. The van der Waals surface area contributed by atoms with Gasteiger partial charge in [-0.15, -0.1) is 0 Å². The predicted molar refractivity (Wildman–Crippen MR) is 72.4 cm³/mol. The molecule has 3 rings (SSSR count). The van der Waals surface area contributed by atoms with Crippen LogP contribution in [0.4, 0.5) is 0 Å². The van der Waals surface area contributed by atoms with E-state index in [9.17, 15) is 0 Å². The van der Waals surface area contributed by atoms with Crippen LogP contribution < -0.4 is 0 Å². The topological polar surface area (TPSA) is 40.3 Å². The highest BCUT2D eigenvalue weighted by molar-refractivity contribution is 8.13. The summed E-state index contributed by atoms with van der Waals surface area (Å²) in [6.07, 6.45) is 0.873. The molecule has 2 aliphatic heterocycles. The fraction of sp³-hybridized carbons (Fsp3) is 0.250. The third-order valence-electron chi connectivity index (χ3n) is 2.67. The predicted octanol–water partition coefficient (Wildman–Crippen LogP) is 2.53. The molecule has 2 aliphatic rings. The molecule has 0 amide bonds. The Hall–Kier alpha value is -1.62. The molecule has 17 heavy (non-hydrogen) atoms. The lowest BCUT2D eigenvalue weighted by atomic mass is 10.1. The molecule has 0 saturated carbocycles. The summed E-state index contributed by atoms with van der Waals surface area (Å²) in [4.78, 5) is 4.51. The van der Waals surface area contributed by atoms with Gasteiger partial charge in [-0.1, -0.05) is 37.3 Å². The Morgan fingerprint density at radius 3 is 2.88 bits per heavy atom. The van der Waals surface area contributed by atoms with Crippen molar-refractivity contribution in [2.45, 2.75) is 13.3 Å². The van der Waals surface area contributed by atoms with Crippen LogP contribution >= 0.6 is 11.9 Å². The van der Waals surface area contributed by atoms with Crippen molar-refractivity contribution in [2.24, 2.45) is 14.5 Å². The zero-order valence-corrected chi connectivity index (χ0v) is 10.3. The number of fused-ring (bicyclic) bond motifs is 1. The molecule has 1 aromatic carbocycles. The lowest BCUT2D eigenvalue weighted by Crippen LogP contribution is -2.31. The molecule has 0 radical (unpaired) electrons. The van der Waals surface area contributed by atoms with Crippen molar-refractivity contribution in [1.82, 2.24) is 5.01 Å². The molecule has 0 saturated heterocycles. The number of benzene rings is 1. The van der Waals surface area contributed by atoms with E-state index in [-0.39, 0.29) is 0 Å². The summed E-state index contributed by atoms with van der Waals surface area (Å²) in [5, 5.41) is 7.38. The number of nitrogens with zero attached hydrogens (tertiary/aromatic N) is 4. The first kappa shape index (κ1) is 10.5. The SMILES string of the molecule is CCC1=NSC2=NCC(c3ccccc3)=NN12. The summed E-state index contributed by atoms with van der Waals surface area (Å²) < 4.78 is 4.35. The van der Waals surface area contributed by atoms with E-state index < -0.39 is 0 Å². The number of rotatable bonds is 2. The standard InChI is InChI=1S/C12H12N4S/c1-2-11-15-17-12-13-8-10(14-16(11)12)9-6-4-3-5-7-9/h3-7H,2,8H2,1H3. The van der Waals surface area contributed by atoms with Gasteiger partial charge >= 0.3 is 0 Å². The van der Waals surface area contributed by atoms with Crippen molar-refractivity contribution in [3.8, 4) is 0 Å². The number of aliphatic imine (C=N–C) groups is 1. The van der Waals surface area contributed by atoms with E-state index in [0.29, 0.717) is 6.54 Å². The summed E-state index contributed by atoms with van der Waals surface area (Å²) in [5.74, 6) is 0.974. The molecule has 5 heteroatoms.